The number of hydrogen-bond donors (Lipinski definition) is 2. The molecule has 110 valence electrons. The van der Waals surface area contributed by atoms with Crippen LogP contribution in [-0.4, -0.2) is 40.8 Å². The minimum Gasteiger partial charge on any atom is -0.396 e. The Morgan fingerprint density at radius 3 is 2.85 bits per heavy atom. The fourth-order valence-electron chi connectivity index (χ4n) is 3.26. The summed E-state index contributed by atoms with van der Waals surface area (Å²) < 4.78 is 0. The minimum atomic E-state index is 0.307. The predicted molar refractivity (Wildman–Crippen MR) is 79.9 cm³/mol. The molecule has 0 aromatic carbocycles. The molecule has 20 heavy (non-hydrogen) atoms. The zero-order chi connectivity index (χ0) is 13.8. The zero-order valence-electron chi connectivity index (χ0n) is 12.0. The van der Waals surface area contributed by atoms with E-state index in [0.29, 0.717) is 18.6 Å². The first-order valence-electron chi connectivity index (χ1n) is 7.80. The third-order valence-electron chi connectivity index (χ3n) is 4.43. The summed E-state index contributed by atoms with van der Waals surface area (Å²) in [6.45, 7) is 2.44. The van der Waals surface area contributed by atoms with E-state index in [2.05, 4.69) is 20.2 Å². The van der Waals surface area contributed by atoms with Gasteiger partial charge in [0.05, 0.1) is 0 Å². The van der Waals surface area contributed by atoms with Crippen LogP contribution >= 0.6 is 0 Å². The van der Waals surface area contributed by atoms with Gasteiger partial charge in [0.25, 0.3) is 0 Å². The molecule has 0 bridgehead atoms. The highest BCUT2D eigenvalue weighted by atomic mass is 16.3. The van der Waals surface area contributed by atoms with E-state index in [0.717, 1.165) is 44.1 Å². The molecule has 5 nitrogen and oxygen atoms in total. The van der Waals surface area contributed by atoms with Crippen molar-refractivity contribution in [2.75, 3.05) is 29.9 Å². The van der Waals surface area contributed by atoms with Crippen molar-refractivity contribution in [2.24, 2.45) is 5.92 Å². The zero-order valence-corrected chi connectivity index (χ0v) is 12.0. The van der Waals surface area contributed by atoms with Crippen LogP contribution in [0.3, 0.4) is 0 Å². The molecule has 5 heteroatoms. The van der Waals surface area contributed by atoms with E-state index in [4.69, 9.17) is 0 Å². The third kappa shape index (κ3) is 3.20. The fraction of sp³-hybridized carbons (Fsp3) is 0.733. The highest BCUT2D eigenvalue weighted by Crippen LogP contribution is 2.27. The van der Waals surface area contributed by atoms with Crippen molar-refractivity contribution in [3.05, 3.63) is 12.3 Å². The topological polar surface area (TPSA) is 61.3 Å². The van der Waals surface area contributed by atoms with Crippen molar-refractivity contribution in [3.63, 3.8) is 0 Å². The number of aliphatic hydroxyl groups excluding tert-OH is 1. The Kier molecular flexibility index (Phi) is 4.35. The van der Waals surface area contributed by atoms with Gasteiger partial charge in [-0.3, -0.25) is 0 Å². The summed E-state index contributed by atoms with van der Waals surface area (Å²) in [6.07, 6.45) is 8.91. The molecule has 1 saturated carbocycles. The van der Waals surface area contributed by atoms with E-state index in [1.54, 1.807) is 0 Å². The van der Waals surface area contributed by atoms with Gasteiger partial charge in [0.2, 0.25) is 5.95 Å². The normalized spacial score (nSPS) is 26.8. The summed E-state index contributed by atoms with van der Waals surface area (Å²) in [6, 6.07) is 2.39. The van der Waals surface area contributed by atoms with Crippen molar-refractivity contribution in [1.29, 1.82) is 0 Å². The third-order valence-corrected chi connectivity index (χ3v) is 4.43. The van der Waals surface area contributed by atoms with Gasteiger partial charge in [-0.1, -0.05) is 0 Å². The first-order chi connectivity index (χ1) is 9.85. The molecule has 2 atom stereocenters. The van der Waals surface area contributed by atoms with Gasteiger partial charge in [0.1, 0.15) is 5.82 Å². The molecule has 2 fully saturated rings. The molecule has 1 aliphatic heterocycles. The largest absolute Gasteiger partial charge is 0.396 e. The first kappa shape index (κ1) is 13.6. The maximum atomic E-state index is 9.20. The SMILES string of the molecule is OC[C@@H]1CC[C@H](Nc2ccnc(N3CCCCC3)n2)C1. The van der Waals surface area contributed by atoms with E-state index >= 15 is 0 Å². The summed E-state index contributed by atoms with van der Waals surface area (Å²) in [5.74, 6) is 2.23. The van der Waals surface area contributed by atoms with Gasteiger partial charge in [-0.15, -0.1) is 0 Å². The Morgan fingerprint density at radius 2 is 2.10 bits per heavy atom. The number of piperidine rings is 1. The smallest absolute Gasteiger partial charge is 0.227 e. The van der Waals surface area contributed by atoms with Gasteiger partial charge < -0.3 is 15.3 Å². The highest BCUT2D eigenvalue weighted by Gasteiger charge is 2.24. The van der Waals surface area contributed by atoms with Gasteiger partial charge in [-0.05, 0) is 50.5 Å². The molecule has 1 aromatic heterocycles. The van der Waals surface area contributed by atoms with Crippen LogP contribution in [-0.2, 0) is 0 Å². The molecule has 2 heterocycles. The van der Waals surface area contributed by atoms with Crippen LogP contribution in [0.15, 0.2) is 12.3 Å². The molecule has 2 aliphatic rings. The Labute approximate surface area is 120 Å². The molecular formula is C15H24N4O. The van der Waals surface area contributed by atoms with Gasteiger partial charge >= 0.3 is 0 Å². The van der Waals surface area contributed by atoms with Gasteiger partial charge in [0, 0.05) is 31.9 Å². The van der Waals surface area contributed by atoms with Crippen LogP contribution in [0.5, 0.6) is 0 Å². The van der Waals surface area contributed by atoms with Crippen LogP contribution in [0.4, 0.5) is 11.8 Å². The second-order valence-corrected chi connectivity index (χ2v) is 5.99. The molecule has 1 saturated heterocycles. The van der Waals surface area contributed by atoms with Crippen LogP contribution in [0.1, 0.15) is 38.5 Å². The summed E-state index contributed by atoms with van der Waals surface area (Å²) in [5, 5.41) is 12.7. The summed E-state index contributed by atoms with van der Waals surface area (Å²) >= 11 is 0. The fourth-order valence-corrected chi connectivity index (χ4v) is 3.26. The lowest BCUT2D eigenvalue weighted by atomic mass is 10.1. The molecule has 0 spiro atoms. The van der Waals surface area contributed by atoms with Gasteiger partial charge in [-0.2, -0.15) is 4.98 Å². The maximum Gasteiger partial charge on any atom is 0.227 e. The second kappa shape index (κ2) is 6.39. The van der Waals surface area contributed by atoms with Gasteiger partial charge in [0.15, 0.2) is 0 Å². The number of aliphatic hydroxyl groups is 1. The Bertz CT molecular complexity index is 434. The summed E-state index contributed by atoms with van der Waals surface area (Å²) in [4.78, 5) is 11.3. The molecule has 1 aromatic rings. The number of nitrogens with zero attached hydrogens (tertiary/aromatic N) is 3. The monoisotopic (exact) mass is 276 g/mol. The van der Waals surface area contributed by atoms with Crippen molar-refractivity contribution in [1.82, 2.24) is 9.97 Å². The van der Waals surface area contributed by atoms with E-state index in [1.165, 1.54) is 19.3 Å². The number of aromatic nitrogens is 2. The molecule has 0 radical (unpaired) electrons. The van der Waals surface area contributed by atoms with Crippen molar-refractivity contribution in [2.45, 2.75) is 44.6 Å². The molecule has 3 rings (SSSR count). The van der Waals surface area contributed by atoms with Crippen molar-refractivity contribution < 1.29 is 5.11 Å². The lowest BCUT2D eigenvalue weighted by Gasteiger charge is -2.27. The quantitative estimate of drug-likeness (QED) is 0.881. The van der Waals surface area contributed by atoms with E-state index in [-0.39, 0.29) is 0 Å². The maximum absolute atomic E-state index is 9.20. The number of anilines is 2. The van der Waals surface area contributed by atoms with Crippen LogP contribution in [0.25, 0.3) is 0 Å². The standard InChI is InChI=1S/C15H24N4O/c20-11-12-4-5-13(10-12)17-14-6-7-16-15(18-14)19-8-2-1-3-9-19/h6-7,12-13,20H,1-5,8-11H2,(H,16,17,18)/t12-,13+/m1/s1. The summed E-state index contributed by atoms with van der Waals surface area (Å²) in [5.41, 5.74) is 0. The lowest BCUT2D eigenvalue weighted by Crippen LogP contribution is -2.31. The minimum absolute atomic E-state index is 0.307. The average molecular weight is 276 g/mol. The molecule has 2 N–H and O–H groups in total. The van der Waals surface area contributed by atoms with Crippen molar-refractivity contribution >= 4 is 11.8 Å². The molecule has 0 unspecified atom stereocenters. The molecule has 1 aliphatic carbocycles. The van der Waals surface area contributed by atoms with Crippen LogP contribution < -0.4 is 10.2 Å². The highest BCUT2D eigenvalue weighted by molar-refractivity contribution is 5.42. The first-order valence-corrected chi connectivity index (χ1v) is 7.80. The number of rotatable bonds is 4. The lowest BCUT2D eigenvalue weighted by molar-refractivity contribution is 0.229. The van der Waals surface area contributed by atoms with Crippen LogP contribution in [0.2, 0.25) is 0 Å². The number of hydrogen-bond acceptors (Lipinski definition) is 5. The molecular weight excluding hydrogens is 252 g/mol. The summed E-state index contributed by atoms with van der Waals surface area (Å²) in [7, 11) is 0. The van der Waals surface area contributed by atoms with Gasteiger partial charge in [-0.25, -0.2) is 4.98 Å². The Morgan fingerprint density at radius 1 is 1.25 bits per heavy atom. The molecule has 0 amide bonds. The second-order valence-electron chi connectivity index (χ2n) is 5.99. The van der Waals surface area contributed by atoms with E-state index in [1.807, 2.05) is 12.3 Å². The Balaban J connectivity index is 1.62. The van der Waals surface area contributed by atoms with E-state index in [9.17, 15) is 5.11 Å². The van der Waals surface area contributed by atoms with Crippen molar-refractivity contribution in [3.8, 4) is 0 Å². The van der Waals surface area contributed by atoms with Crippen LogP contribution in [0, 0.1) is 5.92 Å². The Hall–Kier alpha value is -1.36. The predicted octanol–water partition coefficient (Wildman–Crippen LogP) is 2.04. The average Bonchev–Trinajstić information content (AvgIpc) is 2.96. The number of nitrogens with one attached hydrogen (secondary N) is 1. The van der Waals surface area contributed by atoms with E-state index < -0.39 is 0 Å².